The smallest absolute Gasteiger partial charge is 0.196 e. The number of hydrogen-bond acceptors (Lipinski definition) is 3. The van der Waals surface area contributed by atoms with Gasteiger partial charge < -0.3 is 0 Å². The molecule has 0 bridgehead atoms. The third-order valence-electron chi connectivity index (χ3n) is 5.60. The standard InChI is InChI=1S/C29H21NOS/c1-32-29-27(28(31)23-18-16-21(17-19-23)20-10-4-2-5-11-20)26(22-12-6-3-7-13-22)24-14-8-9-15-25(24)30-29/h2-19H,1H3. The maximum Gasteiger partial charge on any atom is 0.196 e. The summed E-state index contributed by atoms with van der Waals surface area (Å²) in [7, 11) is 0. The van der Waals surface area contributed by atoms with Gasteiger partial charge in [0.1, 0.15) is 5.03 Å². The molecule has 0 N–H and O–H groups in total. The van der Waals surface area contributed by atoms with Crippen molar-refractivity contribution in [3.63, 3.8) is 0 Å². The first-order chi connectivity index (χ1) is 15.8. The van der Waals surface area contributed by atoms with Crippen molar-refractivity contribution >= 4 is 28.4 Å². The zero-order chi connectivity index (χ0) is 21.9. The number of fused-ring (bicyclic) bond motifs is 1. The molecule has 5 aromatic rings. The van der Waals surface area contributed by atoms with E-state index in [1.807, 2.05) is 91.2 Å². The molecule has 0 unspecified atom stereocenters. The van der Waals surface area contributed by atoms with Gasteiger partial charge in [0.2, 0.25) is 0 Å². The minimum absolute atomic E-state index is 0.00827. The van der Waals surface area contributed by atoms with Gasteiger partial charge in [0, 0.05) is 16.5 Å². The lowest BCUT2D eigenvalue weighted by Gasteiger charge is -2.16. The first-order valence-corrected chi connectivity index (χ1v) is 11.7. The van der Waals surface area contributed by atoms with Crippen LogP contribution in [0.15, 0.2) is 114 Å². The van der Waals surface area contributed by atoms with Gasteiger partial charge in [-0.15, -0.1) is 11.8 Å². The Hall–Kier alpha value is -3.69. The Morgan fingerprint density at radius 2 is 1.22 bits per heavy atom. The van der Waals surface area contributed by atoms with Crippen LogP contribution in [0, 0.1) is 0 Å². The van der Waals surface area contributed by atoms with Crippen LogP contribution in [0.2, 0.25) is 0 Å². The zero-order valence-electron chi connectivity index (χ0n) is 17.7. The van der Waals surface area contributed by atoms with E-state index in [1.54, 1.807) is 0 Å². The van der Waals surface area contributed by atoms with Gasteiger partial charge in [-0.25, -0.2) is 4.98 Å². The number of thioether (sulfide) groups is 1. The first-order valence-electron chi connectivity index (χ1n) is 10.5. The molecule has 0 fully saturated rings. The van der Waals surface area contributed by atoms with Crippen LogP contribution in [-0.4, -0.2) is 17.0 Å². The largest absolute Gasteiger partial charge is 0.288 e. The normalized spacial score (nSPS) is 10.9. The average molecular weight is 432 g/mol. The summed E-state index contributed by atoms with van der Waals surface area (Å²) in [5, 5.41) is 1.74. The van der Waals surface area contributed by atoms with Crippen LogP contribution in [0.4, 0.5) is 0 Å². The summed E-state index contributed by atoms with van der Waals surface area (Å²) >= 11 is 1.51. The van der Waals surface area contributed by atoms with Crippen LogP contribution >= 0.6 is 11.8 Å². The van der Waals surface area contributed by atoms with Crippen molar-refractivity contribution in [3.8, 4) is 22.3 Å². The summed E-state index contributed by atoms with van der Waals surface area (Å²) in [6.07, 6.45) is 1.97. The first kappa shape index (κ1) is 20.2. The third kappa shape index (κ3) is 3.72. The second-order valence-corrected chi connectivity index (χ2v) is 8.32. The van der Waals surface area contributed by atoms with E-state index in [4.69, 9.17) is 4.98 Å². The molecule has 0 saturated heterocycles. The molecule has 0 radical (unpaired) electrons. The summed E-state index contributed by atoms with van der Waals surface area (Å²) in [6.45, 7) is 0. The second-order valence-electron chi connectivity index (χ2n) is 7.53. The van der Waals surface area contributed by atoms with Crippen LogP contribution in [-0.2, 0) is 0 Å². The molecular weight excluding hydrogens is 410 g/mol. The zero-order valence-corrected chi connectivity index (χ0v) is 18.5. The molecule has 0 aliphatic rings. The van der Waals surface area contributed by atoms with Crippen molar-refractivity contribution in [2.45, 2.75) is 5.03 Å². The molecule has 0 amide bonds. The molecule has 0 saturated carbocycles. The number of nitrogens with zero attached hydrogens (tertiary/aromatic N) is 1. The Morgan fingerprint density at radius 3 is 1.88 bits per heavy atom. The molecule has 0 spiro atoms. The Morgan fingerprint density at radius 1 is 0.656 bits per heavy atom. The van der Waals surface area contributed by atoms with Crippen LogP contribution in [0.25, 0.3) is 33.2 Å². The van der Waals surface area contributed by atoms with Crippen LogP contribution in [0.1, 0.15) is 15.9 Å². The molecule has 5 rings (SSSR count). The number of carbonyl (C=O) groups excluding carboxylic acids is 1. The van der Waals surface area contributed by atoms with E-state index in [0.29, 0.717) is 11.1 Å². The number of hydrogen-bond donors (Lipinski definition) is 0. The molecule has 0 aliphatic heterocycles. The number of aromatic nitrogens is 1. The van der Waals surface area contributed by atoms with E-state index in [0.717, 1.165) is 38.2 Å². The number of para-hydroxylation sites is 1. The predicted molar refractivity (Wildman–Crippen MR) is 134 cm³/mol. The Labute approximate surface area is 192 Å². The Balaban J connectivity index is 1.69. The van der Waals surface area contributed by atoms with Gasteiger partial charge >= 0.3 is 0 Å². The lowest BCUT2D eigenvalue weighted by molar-refractivity contribution is 0.103. The van der Waals surface area contributed by atoms with E-state index in [2.05, 4.69) is 24.3 Å². The van der Waals surface area contributed by atoms with Crippen molar-refractivity contribution in [1.82, 2.24) is 4.98 Å². The van der Waals surface area contributed by atoms with Gasteiger partial charge in [0.25, 0.3) is 0 Å². The number of pyridine rings is 1. The van der Waals surface area contributed by atoms with E-state index < -0.39 is 0 Å². The molecule has 3 heteroatoms. The summed E-state index contributed by atoms with van der Waals surface area (Å²) in [5.74, 6) is -0.00827. The molecule has 0 aliphatic carbocycles. The lowest BCUT2D eigenvalue weighted by Crippen LogP contribution is -2.08. The predicted octanol–water partition coefficient (Wildman–Crippen LogP) is 7.52. The minimum atomic E-state index is -0.00827. The molecule has 32 heavy (non-hydrogen) atoms. The monoisotopic (exact) mass is 431 g/mol. The minimum Gasteiger partial charge on any atom is -0.288 e. The molecular formula is C29H21NOS. The van der Waals surface area contributed by atoms with Gasteiger partial charge in [-0.2, -0.15) is 0 Å². The highest BCUT2D eigenvalue weighted by Crippen LogP contribution is 2.37. The second kappa shape index (κ2) is 8.81. The van der Waals surface area contributed by atoms with Crippen LogP contribution in [0.5, 0.6) is 0 Å². The fraction of sp³-hybridized carbons (Fsp3) is 0.0345. The molecule has 1 heterocycles. The number of ketones is 1. The van der Waals surface area contributed by atoms with E-state index in [-0.39, 0.29) is 5.78 Å². The lowest BCUT2D eigenvalue weighted by atomic mass is 9.91. The van der Waals surface area contributed by atoms with Crippen molar-refractivity contribution in [3.05, 3.63) is 120 Å². The van der Waals surface area contributed by atoms with Crippen molar-refractivity contribution in [2.24, 2.45) is 0 Å². The highest BCUT2D eigenvalue weighted by molar-refractivity contribution is 7.98. The molecule has 154 valence electrons. The topological polar surface area (TPSA) is 30.0 Å². The van der Waals surface area contributed by atoms with Crippen molar-refractivity contribution in [2.75, 3.05) is 6.26 Å². The van der Waals surface area contributed by atoms with Gasteiger partial charge in [-0.1, -0.05) is 103 Å². The number of rotatable bonds is 5. The van der Waals surface area contributed by atoms with Gasteiger partial charge in [0.05, 0.1) is 11.1 Å². The van der Waals surface area contributed by atoms with Crippen LogP contribution < -0.4 is 0 Å². The number of carbonyl (C=O) groups is 1. The summed E-state index contributed by atoms with van der Waals surface area (Å²) < 4.78 is 0. The SMILES string of the molecule is CSc1nc2ccccc2c(-c2ccccc2)c1C(=O)c1ccc(-c2ccccc2)cc1. The van der Waals surface area contributed by atoms with Crippen molar-refractivity contribution in [1.29, 1.82) is 0 Å². The Bertz CT molecular complexity index is 1390. The van der Waals surface area contributed by atoms with Gasteiger partial charge in [0.15, 0.2) is 5.78 Å². The van der Waals surface area contributed by atoms with Crippen molar-refractivity contribution < 1.29 is 4.79 Å². The van der Waals surface area contributed by atoms with E-state index >= 15 is 0 Å². The van der Waals surface area contributed by atoms with E-state index in [9.17, 15) is 4.79 Å². The van der Waals surface area contributed by atoms with Gasteiger partial charge in [-0.3, -0.25) is 4.79 Å². The molecule has 2 nitrogen and oxygen atoms in total. The highest BCUT2D eigenvalue weighted by atomic mass is 32.2. The van der Waals surface area contributed by atoms with E-state index in [1.165, 1.54) is 11.8 Å². The average Bonchev–Trinajstić information content (AvgIpc) is 2.88. The summed E-state index contributed by atoms with van der Waals surface area (Å²) in [4.78, 5) is 18.7. The molecule has 4 aromatic carbocycles. The maximum absolute atomic E-state index is 13.9. The van der Waals surface area contributed by atoms with Gasteiger partial charge in [-0.05, 0) is 29.0 Å². The quantitative estimate of drug-likeness (QED) is 0.213. The summed E-state index contributed by atoms with van der Waals surface area (Å²) in [5.41, 5.74) is 6.40. The molecule has 1 aromatic heterocycles. The third-order valence-corrected chi connectivity index (χ3v) is 6.28. The Kier molecular flexibility index (Phi) is 5.57. The maximum atomic E-state index is 13.9. The number of benzene rings is 4. The van der Waals surface area contributed by atoms with Crippen LogP contribution in [0.3, 0.4) is 0 Å². The fourth-order valence-corrected chi connectivity index (χ4v) is 4.63. The highest BCUT2D eigenvalue weighted by Gasteiger charge is 2.23. The molecule has 0 atom stereocenters. The summed E-state index contributed by atoms with van der Waals surface area (Å²) in [6, 6.07) is 36.2. The fourth-order valence-electron chi connectivity index (χ4n) is 4.04.